The topological polar surface area (TPSA) is 158 Å². The van der Waals surface area contributed by atoms with Gasteiger partial charge in [-0.3, -0.25) is 14.9 Å². The number of carbonyl (C=O) groups is 2. The Morgan fingerprint density at radius 3 is 2.74 bits per heavy atom. The second kappa shape index (κ2) is 8.55. The SMILES string of the molecule is COc1ccc(NC(=O)C(C)OC(=O)C2=CN3CCS(=O)(=O)N=C3C=C2)c([N+](=O)[O-])c1. The van der Waals surface area contributed by atoms with Crippen molar-refractivity contribution in [3.8, 4) is 5.75 Å². The number of amides is 1. The number of hydrogen-bond donors (Lipinski definition) is 1. The van der Waals surface area contributed by atoms with Crippen LogP contribution in [0, 0.1) is 10.1 Å². The first-order valence-electron chi connectivity index (χ1n) is 8.93. The third kappa shape index (κ3) is 5.06. The molecule has 0 aromatic heterocycles. The Bertz CT molecular complexity index is 1140. The maximum absolute atomic E-state index is 12.4. The second-order valence-electron chi connectivity index (χ2n) is 6.52. The number of hydrogen-bond acceptors (Lipinski definition) is 9. The molecule has 2 heterocycles. The number of amidine groups is 1. The van der Waals surface area contributed by atoms with E-state index in [0.29, 0.717) is 0 Å². The summed E-state index contributed by atoms with van der Waals surface area (Å²) < 4.78 is 36.8. The highest BCUT2D eigenvalue weighted by Gasteiger charge is 2.27. The van der Waals surface area contributed by atoms with Gasteiger partial charge in [-0.25, -0.2) is 13.2 Å². The van der Waals surface area contributed by atoms with Gasteiger partial charge in [0.2, 0.25) is 0 Å². The molecule has 13 heteroatoms. The largest absolute Gasteiger partial charge is 0.496 e. The van der Waals surface area contributed by atoms with Crippen molar-refractivity contribution in [2.45, 2.75) is 13.0 Å². The number of fused-ring (bicyclic) bond motifs is 1. The van der Waals surface area contributed by atoms with Gasteiger partial charge in [-0.05, 0) is 31.2 Å². The van der Waals surface area contributed by atoms with Crippen LogP contribution in [0.3, 0.4) is 0 Å². The van der Waals surface area contributed by atoms with Crippen molar-refractivity contribution < 1.29 is 32.4 Å². The monoisotopic (exact) mass is 450 g/mol. The molecule has 1 aromatic rings. The van der Waals surface area contributed by atoms with Gasteiger partial charge >= 0.3 is 5.97 Å². The van der Waals surface area contributed by atoms with Crippen molar-refractivity contribution in [1.29, 1.82) is 0 Å². The van der Waals surface area contributed by atoms with Gasteiger partial charge in [-0.1, -0.05) is 0 Å². The van der Waals surface area contributed by atoms with E-state index >= 15 is 0 Å². The Morgan fingerprint density at radius 1 is 1.32 bits per heavy atom. The molecule has 0 aliphatic carbocycles. The minimum atomic E-state index is -3.52. The Balaban J connectivity index is 1.67. The van der Waals surface area contributed by atoms with Gasteiger partial charge in [0.1, 0.15) is 17.3 Å². The molecule has 0 saturated heterocycles. The van der Waals surface area contributed by atoms with Crippen LogP contribution in [0.1, 0.15) is 6.92 Å². The summed E-state index contributed by atoms with van der Waals surface area (Å²) in [6, 6.07) is 3.90. The average molecular weight is 450 g/mol. The molecule has 1 amide bonds. The van der Waals surface area contributed by atoms with Gasteiger partial charge in [-0.15, -0.1) is 4.40 Å². The van der Waals surface area contributed by atoms with Crippen molar-refractivity contribution in [3.05, 3.63) is 52.2 Å². The van der Waals surface area contributed by atoms with Gasteiger partial charge in [0.05, 0.1) is 29.4 Å². The van der Waals surface area contributed by atoms with Gasteiger partial charge in [0.25, 0.3) is 21.6 Å². The summed E-state index contributed by atoms with van der Waals surface area (Å²) >= 11 is 0. The van der Waals surface area contributed by atoms with Crippen molar-refractivity contribution in [3.63, 3.8) is 0 Å². The van der Waals surface area contributed by atoms with Crippen LogP contribution >= 0.6 is 0 Å². The molecule has 1 N–H and O–H groups in total. The molecule has 0 fully saturated rings. The van der Waals surface area contributed by atoms with Crippen molar-refractivity contribution in [1.82, 2.24) is 4.90 Å². The number of anilines is 1. The standard InChI is InChI=1S/C18H18N4O8S/c1-11(17(23)19-14-5-4-13(29-2)9-15(14)22(25)26)30-18(24)12-3-6-16-20-31(27,28)8-7-21(16)10-12/h3-6,9-11H,7-8H2,1-2H3,(H,19,23). The molecule has 164 valence electrons. The number of rotatable bonds is 6. The van der Waals surface area contributed by atoms with Crippen molar-refractivity contribution in [2.24, 2.45) is 4.40 Å². The summed E-state index contributed by atoms with van der Waals surface area (Å²) in [5, 5.41) is 13.6. The highest BCUT2D eigenvalue weighted by atomic mass is 32.2. The molecule has 1 atom stereocenters. The fourth-order valence-corrected chi connectivity index (χ4v) is 3.70. The zero-order chi connectivity index (χ0) is 22.8. The number of esters is 1. The van der Waals surface area contributed by atoms with E-state index in [9.17, 15) is 28.1 Å². The average Bonchev–Trinajstić information content (AvgIpc) is 2.72. The Morgan fingerprint density at radius 2 is 2.06 bits per heavy atom. The predicted octanol–water partition coefficient (Wildman–Crippen LogP) is 0.971. The quantitative estimate of drug-likeness (QED) is 0.379. The number of nitrogens with one attached hydrogen (secondary N) is 1. The van der Waals surface area contributed by atoms with Gasteiger partial charge in [-0.2, -0.15) is 0 Å². The van der Waals surface area contributed by atoms with Gasteiger partial charge < -0.3 is 19.7 Å². The third-order valence-electron chi connectivity index (χ3n) is 4.37. The zero-order valence-corrected chi connectivity index (χ0v) is 17.3. The van der Waals surface area contributed by atoms with Crippen LogP contribution in [-0.2, 0) is 24.3 Å². The summed E-state index contributed by atoms with van der Waals surface area (Å²) in [4.78, 5) is 36.8. The smallest absolute Gasteiger partial charge is 0.340 e. The van der Waals surface area contributed by atoms with Crippen molar-refractivity contribution >= 4 is 39.1 Å². The number of nitrogens with zero attached hydrogens (tertiary/aromatic N) is 3. The molecule has 0 saturated carbocycles. The number of ether oxygens (including phenoxy) is 2. The van der Waals surface area contributed by atoms with Gasteiger partial charge in [0.15, 0.2) is 6.10 Å². The van der Waals surface area contributed by atoms with E-state index in [1.807, 2.05) is 0 Å². The minimum absolute atomic E-state index is 0.0779. The highest BCUT2D eigenvalue weighted by molar-refractivity contribution is 7.90. The maximum Gasteiger partial charge on any atom is 0.340 e. The van der Waals surface area contributed by atoms with Crippen LogP contribution in [0.2, 0.25) is 0 Å². The second-order valence-corrected chi connectivity index (χ2v) is 8.28. The molecular formula is C18H18N4O8S. The van der Waals surface area contributed by atoms with E-state index in [0.717, 1.165) is 6.07 Å². The van der Waals surface area contributed by atoms with E-state index in [2.05, 4.69) is 9.71 Å². The minimum Gasteiger partial charge on any atom is -0.496 e. The van der Waals surface area contributed by atoms with E-state index in [4.69, 9.17) is 9.47 Å². The normalized spacial score (nSPS) is 17.5. The molecule has 3 rings (SSSR count). The number of sulfonamides is 1. The summed E-state index contributed by atoms with van der Waals surface area (Å²) in [5.74, 6) is -1.36. The van der Waals surface area contributed by atoms with E-state index in [1.54, 1.807) is 0 Å². The first kappa shape index (κ1) is 22.0. The molecule has 12 nitrogen and oxygen atoms in total. The van der Waals surface area contributed by atoms with Gasteiger partial charge in [0, 0.05) is 12.7 Å². The van der Waals surface area contributed by atoms with Crippen LogP contribution in [0.25, 0.3) is 0 Å². The van der Waals surface area contributed by atoms with Crippen LogP contribution in [0.5, 0.6) is 5.75 Å². The summed E-state index contributed by atoms with van der Waals surface area (Å²) in [6.45, 7) is 1.44. The fraction of sp³-hybridized carbons (Fsp3) is 0.278. The molecule has 0 bridgehead atoms. The van der Waals surface area contributed by atoms with Crippen molar-refractivity contribution in [2.75, 3.05) is 24.7 Å². The summed E-state index contributed by atoms with van der Waals surface area (Å²) in [7, 11) is -2.17. The first-order valence-corrected chi connectivity index (χ1v) is 10.5. The number of nitro benzene ring substituents is 1. The highest BCUT2D eigenvalue weighted by Crippen LogP contribution is 2.29. The Labute approximate surface area is 177 Å². The van der Waals surface area contributed by atoms with Crippen LogP contribution in [0.4, 0.5) is 11.4 Å². The molecule has 2 aliphatic rings. The molecular weight excluding hydrogens is 432 g/mol. The predicted molar refractivity (Wildman–Crippen MR) is 109 cm³/mol. The molecule has 0 radical (unpaired) electrons. The first-order chi connectivity index (χ1) is 14.6. The Hall–Kier alpha value is -3.74. The summed E-state index contributed by atoms with van der Waals surface area (Å²) in [6.07, 6.45) is 2.81. The number of benzene rings is 1. The lowest BCUT2D eigenvalue weighted by Crippen LogP contribution is -2.37. The lowest BCUT2D eigenvalue weighted by Gasteiger charge is -2.27. The molecule has 31 heavy (non-hydrogen) atoms. The summed E-state index contributed by atoms with van der Waals surface area (Å²) in [5.41, 5.74) is -0.366. The zero-order valence-electron chi connectivity index (χ0n) is 16.5. The Kier molecular flexibility index (Phi) is 6.06. The number of methoxy groups -OCH3 is 1. The molecule has 0 spiro atoms. The maximum atomic E-state index is 12.4. The molecule has 1 unspecified atom stereocenters. The van der Waals surface area contributed by atoms with E-state index in [-0.39, 0.29) is 40.8 Å². The van der Waals surface area contributed by atoms with E-state index in [1.165, 1.54) is 49.4 Å². The van der Waals surface area contributed by atoms with Crippen LogP contribution in [-0.4, -0.2) is 61.5 Å². The van der Waals surface area contributed by atoms with Crippen LogP contribution in [0.15, 0.2) is 46.5 Å². The fourth-order valence-electron chi connectivity index (χ4n) is 2.73. The molecule has 2 aliphatic heterocycles. The number of carbonyl (C=O) groups excluding carboxylic acids is 2. The van der Waals surface area contributed by atoms with Crippen LogP contribution < -0.4 is 10.1 Å². The number of nitro groups is 1. The lowest BCUT2D eigenvalue weighted by atomic mass is 10.2. The third-order valence-corrected chi connectivity index (χ3v) is 5.54. The van der Waals surface area contributed by atoms with E-state index < -0.39 is 32.9 Å². The molecule has 1 aromatic carbocycles. The lowest BCUT2D eigenvalue weighted by molar-refractivity contribution is -0.384.